The van der Waals surface area contributed by atoms with Crippen LogP contribution in [0.3, 0.4) is 0 Å². The first-order valence-electron chi connectivity index (χ1n) is 9.48. The number of carbonyl (C=O) groups excluding carboxylic acids is 1. The molecule has 2 aliphatic rings. The molecular weight excluding hydrogens is 364 g/mol. The van der Waals surface area contributed by atoms with Crippen LogP contribution in [-0.4, -0.2) is 45.3 Å². The summed E-state index contributed by atoms with van der Waals surface area (Å²) >= 11 is 6.02. The van der Waals surface area contributed by atoms with Crippen LogP contribution in [0.4, 0.5) is 0 Å². The Labute approximate surface area is 164 Å². The highest BCUT2D eigenvalue weighted by atomic mass is 35.5. The van der Waals surface area contributed by atoms with Gasteiger partial charge in [-0.1, -0.05) is 41.9 Å². The van der Waals surface area contributed by atoms with E-state index in [1.807, 2.05) is 42.3 Å². The Morgan fingerprint density at radius 2 is 1.96 bits per heavy atom. The van der Waals surface area contributed by atoms with Crippen molar-refractivity contribution in [1.29, 1.82) is 0 Å². The summed E-state index contributed by atoms with van der Waals surface area (Å²) in [6.45, 7) is 1.24. The van der Waals surface area contributed by atoms with Crippen LogP contribution in [0, 0.1) is 0 Å². The number of piperidine rings is 1. The maximum atomic E-state index is 12.8. The zero-order valence-electron chi connectivity index (χ0n) is 15.5. The molecule has 1 aromatic carbocycles. The number of aromatic nitrogens is 1. The summed E-state index contributed by atoms with van der Waals surface area (Å²) in [7, 11) is 1.83. The summed E-state index contributed by atoms with van der Waals surface area (Å²) in [6, 6.07) is 11.8. The van der Waals surface area contributed by atoms with Crippen molar-refractivity contribution < 1.29 is 14.6 Å². The van der Waals surface area contributed by atoms with Crippen molar-refractivity contribution in [2.75, 3.05) is 13.1 Å². The van der Waals surface area contributed by atoms with Crippen molar-refractivity contribution in [3.05, 3.63) is 58.9 Å². The van der Waals surface area contributed by atoms with E-state index in [0.717, 1.165) is 18.4 Å². The molecule has 0 unspecified atom stereocenters. The van der Waals surface area contributed by atoms with E-state index in [9.17, 15) is 9.90 Å². The van der Waals surface area contributed by atoms with Gasteiger partial charge in [0.2, 0.25) is 0 Å². The number of carbonyl (C=O) groups is 1. The molecule has 0 saturated carbocycles. The molecule has 5 nitrogen and oxygen atoms in total. The van der Waals surface area contributed by atoms with Gasteiger partial charge >= 0.3 is 0 Å². The van der Waals surface area contributed by atoms with E-state index in [-0.39, 0.29) is 23.7 Å². The normalized spacial score (nSPS) is 24.9. The maximum Gasteiger partial charge on any atom is 0.270 e. The largest absolute Gasteiger partial charge is 0.393 e. The van der Waals surface area contributed by atoms with E-state index in [0.29, 0.717) is 36.6 Å². The summed E-state index contributed by atoms with van der Waals surface area (Å²) < 4.78 is 8.27. The first-order valence-corrected chi connectivity index (χ1v) is 9.85. The number of aliphatic hydroxyl groups excluding tert-OH is 1. The standard InChI is InChI=1S/C21H25ClN2O3/c1-23-14-16(22)11-18(23)20(26)24-9-7-21(8-10-24)13-17(25)12-19(27-21)15-5-3-2-4-6-15/h2-6,11,14,17,19,25H,7-10,12-13H2,1H3/t17-,19-/m1/s1. The zero-order valence-corrected chi connectivity index (χ0v) is 16.2. The molecule has 1 amide bonds. The van der Waals surface area contributed by atoms with Crippen LogP contribution in [0.5, 0.6) is 0 Å². The Kier molecular flexibility index (Phi) is 5.01. The van der Waals surface area contributed by atoms with E-state index in [1.165, 1.54) is 0 Å². The predicted octanol–water partition coefficient (Wildman–Crippen LogP) is 3.57. The Morgan fingerprint density at radius 1 is 1.26 bits per heavy atom. The van der Waals surface area contributed by atoms with Gasteiger partial charge in [0.05, 0.1) is 22.8 Å². The van der Waals surface area contributed by atoms with Gasteiger partial charge in [-0.2, -0.15) is 0 Å². The number of nitrogens with zero attached hydrogens (tertiary/aromatic N) is 2. The summed E-state index contributed by atoms with van der Waals surface area (Å²) in [4.78, 5) is 14.7. The fraction of sp³-hybridized carbons (Fsp3) is 0.476. The molecule has 6 heteroatoms. The quantitative estimate of drug-likeness (QED) is 0.855. The first kappa shape index (κ1) is 18.5. The minimum atomic E-state index is -0.377. The van der Waals surface area contributed by atoms with Gasteiger partial charge < -0.3 is 19.3 Å². The van der Waals surface area contributed by atoms with Crippen LogP contribution in [-0.2, 0) is 11.8 Å². The number of aliphatic hydroxyl groups is 1. The van der Waals surface area contributed by atoms with Gasteiger partial charge in [-0.15, -0.1) is 0 Å². The summed E-state index contributed by atoms with van der Waals surface area (Å²) in [5.74, 6) is -0.00443. The fourth-order valence-electron chi connectivity index (χ4n) is 4.37. The molecule has 2 saturated heterocycles. The second-order valence-corrected chi connectivity index (χ2v) is 8.18. The number of benzene rings is 1. The molecule has 3 heterocycles. The van der Waals surface area contributed by atoms with Gasteiger partial charge in [-0.05, 0) is 24.5 Å². The molecule has 2 aliphatic heterocycles. The smallest absolute Gasteiger partial charge is 0.270 e. The lowest BCUT2D eigenvalue weighted by molar-refractivity contribution is -0.181. The number of hydrogen-bond donors (Lipinski definition) is 1. The SMILES string of the molecule is Cn1cc(Cl)cc1C(=O)N1CCC2(CC1)C[C@H](O)C[C@H](c1ccccc1)O2. The predicted molar refractivity (Wildman–Crippen MR) is 104 cm³/mol. The van der Waals surface area contributed by atoms with Crippen LogP contribution >= 0.6 is 11.6 Å². The number of halogens is 1. The number of ether oxygens (including phenoxy) is 1. The van der Waals surface area contributed by atoms with E-state index in [4.69, 9.17) is 16.3 Å². The lowest BCUT2D eigenvalue weighted by Crippen LogP contribution is -2.52. The third-order valence-electron chi connectivity index (χ3n) is 5.81. The monoisotopic (exact) mass is 388 g/mol. The van der Waals surface area contributed by atoms with Crippen molar-refractivity contribution >= 4 is 17.5 Å². The first-order chi connectivity index (χ1) is 13.0. The maximum absolute atomic E-state index is 12.8. The molecule has 1 aromatic heterocycles. The average molecular weight is 389 g/mol. The Hall–Kier alpha value is -1.82. The zero-order chi connectivity index (χ0) is 19.0. The molecule has 4 rings (SSSR count). The number of amides is 1. The van der Waals surface area contributed by atoms with Crippen LogP contribution in [0.1, 0.15) is 47.8 Å². The van der Waals surface area contributed by atoms with Gasteiger partial charge in [0.1, 0.15) is 5.69 Å². The lowest BCUT2D eigenvalue weighted by atomic mass is 9.81. The van der Waals surface area contributed by atoms with Crippen LogP contribution in [0.15, 0.2) is 42.6 Å². The average Bonchev–Trinajstić information content (AvgIpc) is 3.00. The molecule has 0 radical (unpaired) electrons. The van der Waals surface area contributed by atoms with E-state index in [2.05, 4.69) is 0 Å². The second kappa shape index (κ2) is 7.30. The van der Waals surface area contributed by atoms with Crippen molar-refractivity contribution in [3.63, 3.8) is 0 Å². The third kappa shape index (κ3) is 3.77. The van der Waals surface area contributed by atoms with Gasteiger partial charge in [-0.3, -0.25) is 4.79 Å². The van der Waals surface area contributed by atoms with Gasteiger partial charge in [-0.25, -0.2) is 0 Å². The number of aryl methyl sites for hydroxylation is 1. The molecule has 2 atom stereocenters. The minimum absolute atomic E-state index is 0.00443. The Balaban J connectivity index is 1.45. The summed E-state index contributed by atoms with van der Waals surface area (Å²) in [6.07, 6.45) is 3.99. The molecule has 1 N–H and O–H groups in total. The van der Waals surface area contributed by atoms with E-state index >= 15 is 0 Å². The van der Waals surface area contributed by atoms with Crippen LogP contribution < -0.4 is 0 Å². The molecule has 1 spiro atoms. The number of hydrogen-bond acceptors (Lipinski definition) is 3. The van der Waals surface area contributed by atoms with Crippen molar-refractivity contribution in [2.45, 2.75) is 43.5 Å². The van der Waals surface area contributed by atoms with Crippen LogP contribution in [0.2, 0.25) is 5.02 Å². The van der Waals surface area contributed by atoms with E-state index in [1.54, 1.807) is 16.8 Å². The van der Waals surface area contributed by atoms with E-state index < -0.39 is 0 Å². The Morgan fingerprint density at radius 3 is 2.59 bits per heavy atom. The number of likely N-dealkylation sites (tertiary alicyclic amines) is 1. The highest BCUT2D eigenvalue weighted by Gasteiger charge is 2.44. The highest BCUT2D eigenvalue weighted by Crippen LogP contribution is 2.43. The minimum Gasteiger partial charge on any atom is -0.393 e. The highest BCUT2D eigenvalue weighted by molar-refractivity contribution is 6.31. The van der Waals surface area contributed by atoms with Crippen molar-refractivity contribution in [1.82, 2.24) is 9.47 Å². The molecule has 2 aromatic rings. The summed E-state index contributed by atoms with van der Waals surface area (Å²) in [5.41, 5.74) is 1.34. The van der Waals surface area contributed by atoms with Gasteiger partial charge in [0.15, 0.2) is 0 Å². The molecular formula is C21H25ClN2O3. The molecule has 0 bridgehead atoms. The van der Waals surface area contributed by atoms with Gasteiger partial charge in [0.25, 0.3) is 5.91 Å². The molecule has 144 valence electrons. The Bertz CT molecular complexity index is 812. The molecule has 0 aliphatic carbocycles. The van der Waals surface area contributed by atoms with Crippen molar-refractivity contribution in [3.8, 4) is 0 Å². The molecule has 27 heavy (non-hydrogen) atoms. The second-order valence-electron chi connectivity index (χ2n) is 7.74. The lowest BCUT2D eigenvalue weighted by Gasteiger charge is -2.48. The summed E-state index contributed by atoms with van der Waals surface area (Å²) in [5, 5.41) is 11.0. The molecule has 2 fully saturated rings. The third-order valence-corrected chi connectivity index (χ3v) is 6.02. The van der Waals surface area contributed by atoms with Crippen LogP contribution in [0.25, 0.3) is 0 Å². The fourth-order valence-corrected chi connectivity index (χ4v) is 4.62. The number of rotatable bonds is 2. The van der Waals surface area contributed by atoms with Crippen molar-refractivity contribution in [2.24, 2.45) is 7.05 Å². The topological polar surface area (TPSA) is 54.7 Å². The van der Waals surface area contributed by atoms with Gasteiger partial charge in [0, 0.05) is 39.2 Å².